The predicted molar refractivity (Wildman–Crippen MR) is 86.1 cm³/mol. The van der Waals surface area contributed by atoms with Crippen LogP contribution < -0.4 is 5.73 Å². The van der Waals surface area contributed by atoms with Crippen LogP contribution in [0.15, 0.2) is 4.42 Å². The summed E-state index contributed by atoms with van der Waals surface area (Å²) in [4.78, 5) is 13.4. The van der Waals surface area contributed by atoms with Crippen molar-refractivity contribution < 1.29 is 13.9 Å². The standard InChI is InChI=1S/C16H21NO3S/c1-7(2)11-13(17)15(16(18)19-6)21-14(11)12-8(3)9(4)20-10(12)5/h7H,17H2,1-6H3. The van der Waals surface area contributed by atoms with Crippen LogP contribution in [0, 0.1) is 20.8 Å². The Balaban J connectivity index is 2.76. The Kier molecular flexibility index (Phi) is 4.14. The van der Waals surface area contributed by atoms with E-state index in [9.17, 15) is 4.79 Å². The van der Waals surface area contributed by atoms with Crippen LogP contribution in [-0.2, 0) is 4.74 Å². The summed E-state index contributed by atoms with van der Waals surface area (Å²) in [6.45, 7) is 10.0. The lowest BCUT2D eigenvalue weighted by atomic mass is 9.96. The number of anilines is 1. The van der Waals surface area contributed by atoms with Gasteiger partial charge in [0.2, 0.25) is 0 Å². The number of ether oxygens (including phenoxy) is 1. The molecule has 2 heterocycles. The van der Waals surface area contributed by atoms with E-state index >= 15 is 0 Å². The van der Waals surface area contributed by atoms with Crippen molar-refractivity contribution in [2.75, 3.05) is 12.8 Å². The molecule has 2 N–H and O–H groups in total. The first-order valence-electron chi connectivity index (χ1n) is 6.87. The van der Waals surface area contributed by atoms with Crippen LogP contribution in [0.4, 0.5) is 5.69 Å². The molecule has 0 fully saturated rings. The molecule has 0 aliphatic carbocycles. The van der Waals surface area contributed by atoms with Gasteiger partial charge in [-0.1, -0.05) is 13.8 Å². The number of nitrogens with two attached hydrogens (primary N) is 1. The van der Waals surface area contributed by atoms with Gasteiger partial charge in [0.15, 0.2) is 0 Å². The maximum absolute atomic E-state index is 11.9. The number of carbonyl (C=O) groups is 1. The summed E-state index contributed by atoms with van der Waals surface area (Å²) < 4.78 is 10.6. The van der Waals surface area contributed by atoms with Crippen LogP contribution >= 0.6 is 11.3 Å². The molecule has 5 heteroatoms. The molecular formula is C16H21NO3S. The summed E-state index contributed by atoms with van der Waals surface area (Å²) >= 11 is 1.38. The largest absolute Gasteiger partial charge is 0.466 e. The van der Waals surface area contributed by atoms with E-state index in [1.807, 2.05) is 20.8 Å². The number of hydrogen-bond acceptors (Lipinski definition) is 5. The minimum Gasteiger partial charge on any atom is -0.466 e. The molecule has 2 aromatic rings. The highest BCUT2D eigenvalue weighted by molar-refractivity contribution is 7.18. The first-order chi connectivity index (χ1) is 9.79. The summed E-state index contributed by atoms with van der Waals surface area (Å²) in [5.41, 5.74) is 9.85. The average molecular weight is 307 g/mol. The van der Waals surface area contributed by atoms with Crippen molar-refractivity contribution in [3.8, 4) is 10.4 Å². The number of nitrogen functional groups attached to an aromatic ring is 1. The van der Waals surface area contributed by atoms with Gasteiger partial charge in [0.05, 0.1) is 12.8 Å². The maximum Gasteiger partial charge on any atom is 0.350 e. The maximum atomic E-state index is 11.9. The van der Waals surface area contributed by atoms with Gasteiger partial charge in [-0.05, 0) is 37.8 Å². The number of methoxy groups -OCH3 is 1. The highest BCUT2D eigenvalue weighted by Crippen LogP contribution is 2.46. The Bertz CT molecular complexity index is 695. The number of esters is 1. The van der Waals surface area contributed by atoms with Crippen LogP contribution in [0.3, 0.4) is 0 Å². The number of thiophene rings is 1. The second-order valence-corrected chi connectivity index (χ2v) is 6.47. The fourth-order valence-corrected chi connectivity index (χ4v) is 4.03. The van der Waals surface area contributed by atoms with Crippen molar-refractivity contribution in [1.82, 2.24) is 0 Å². The van der Waals surface area contributed by atoms with E-state index in [1.54, 1.807) is 0 Å². The number of carbonyl (C=O) groups excluding carboxylic acids is 1. The van der Waals surface area contributed by atoms with E-state index < -0.39 is 0 Å². The van der Waals surface area contributed by atoms with Crippen LogP contribution in [0.2, 0.25) is 0 Å². The molecule has 0 spiro atoms. The summed E-state index contributed by atoms with van der Waals surface area (Å²) in [6.07, 6.45) is 0. The molecule has 0 atom stereocenters. The molecule has 114 valence electrons. The lowest BCUT2D eigenvalue weighted by molar-refractivity contribution is 0.0607. The Morgan fingerprint density at radius 1 is 1.24 bits per heavy atom. The van der Waals surface area contributed by atoms with Crippen molar-refractivity contribution in [1.29, 1.82) is 0 Å². The molecule has 0 aliphatic heterocycles. The smallest absolute Gasteiger partial charge is 0.350 e. The summed E-state index contributed by atoms with van der Waals surface area (Å²) in [7, 11) is 1.37. The van der Waals surface area contributed by atoms with Crippen molar-refractivity contribution in [3.63, 3.8) is 0 Å². The van der Waals surface area contributed by atoms with Crippen molar-refractivity contribution in [3.05, 3.63) is 27.5 Å². The van der Waals surface area contributed by atoms with Crippen molar-refractivity contribution in [2.45, 2.75) is 40.5 Å². The van der Waals surface area contributed by atoms with E-state index in [1.165, 1.54) is 18.4 Å². The topological polar surface area (TPSA) is 65.5 Å². The third kappa shape index (κ3) is 2.46. The van der Waals surface area contributed by atoms with Gasteiger partial charge in [0.1, 0.15) is 16.4 Å². The number of furan rings is 1. The average Bonchev–Trinajstić information content (AvgIpc) is 2.86. The monoisotopic (exact) mass is 307 g/mol. The number of aryl methyl sites for hydroxylation is 2. The van der Waals surface area contributed by atoms with E-state index in [-0.39, 0.29) is 11.9 Å². The molecule has 0 unspecified atom stereocenters. The van der Waals surface area contributed by atoms with E-state index in [4.69, 9.17) is 14.9 Å². The van der Waals surface area contributed by atoms with Crippen LogP contribution in [0.5, 0.6) is 0 Å². The van der Waals surface area contributed by atoms with Gasteiger partial charge >= 0.3 is 5.97 Å². The van der Waals surface area contributed by atoms with Crippen LogP contribution in [0.25, 0.3) is 10.4 Å². The molecule has 0 amide bonds. The zero-order chi connectivity index (χ0) is 15.9. The molecule has 0 aliphatic rings. The summed E-state index contributed by atoms with van der Waals surface area (Å²) in [6, 6.07) is 0. The van der Waals surface area contributed by atoms with Crippen LogP contribution in [0.1, 0.15) is 52.1 Å². The second-order valence-electron chi connectivity index (χ2n) is 5.45. The van der Waals surface area contributed by atoms with E-state index in [0.29, 0.717) is 10.6 Å². The van der Waals surface area contributed by atoms with Gasteiger partial charge in [-0.15, -0.1) is 11.3 Å². The van der Waals surface area contributed by atoms with Gasteiger partial charge in [0, 0.05) is 10.4 Å². The zero-order valence-electron chi connectivity index (χ0n) is 13.3. The predicted octanol–water partition coefficient (Wildman–Crippen LogP) is 4.43. The molecule has 0 saturated heterocycles. The van der Waals surface area contributed by atoms with Crippen LogP contribution in [-0.4, -0.2) is 13.1 Å². The molecule has 0 radical (unpaired) electrons. The first kappa shape index (κ1) is 15.6. The van der Waals surface area contributed by atoms with Gasteiger partial charge in [-0.2, -0.15) is 0 Å². The third-order valence-corrected chi connectivity index (χ3v) is 4.94. The number of rotatable bonds is 3. The first-order valence-corrected chi connectivity index (χ1v) is 7.68. The Morgan fingerprint density at radius 2 is 1.86 bits per heavy atom. The second kappa shape index (κ2) is 5.56. The van der Waals surface area contributed by atoms with Crippen molar-refractivity contribution in [2.24, 2.45) is 0 Å². The highest BCUT2D eigenvalue weighted by atomic mass is 32.1. The Hall–Kier alpha value is -1.75. The highest BCUT2D eigenvalue weighted by Gasteiger charge is 2.27. The summed E-state index contributed by atoms with van der Waals surface area (Å²) in [5, 5.41) is 0. The molecule has 0 aromatic carbocycles. The Morgan fingerprint density at radius 3 is 2.29 bits per heavy atom. The lowest BCUT2D eigenvalue weighted by Crippen LogP contribution is -2.03. The van der Waals surface area contributed by atoms with E-state index in [2.05, 4.69) is 13.8 Å². The van der Waals surface area contributed by atoms with Gasteiger partial charge < -0.3 is 14.9 Å². The minimum absolute atomic E-state index is 0.212. The fraction of sp³-hybridized carbons (Fsp3) is 0.438. The molecular weight excluding hydrogens is 286 g/mol. The molecule has 0 saturated carbocycles. The zero-order valence-corrected chi connectivity index (χ0v) is 14.1. The number of hydrogen-bond donors (Lipinski definition) is 1. The normalized spacial score (nSPS) is 11.2. The molecule has 0 bridgehead atoms. The quantitative estimate of drug-likeness (QED) is 0.852. The molecule has 4 nitrogen and oxygen atoms in total. The lowest BCUT2D eigenvalue weighted by Gasteiger charge is -2.09. The SMILES string of the molecule is COC(=O)c1sc(-c2c(C)oc(C)c2C)c(C(C)C)c1N. The fourth-order valence-electron chi connectivity index (χ4n) is 2.59. The molecule has 2 rings (SSSR count). The van der Waals surface area contributed by atoms with Crippen molar-refractivity contribution >= 4 is 23.0 Å². The van der Waals surface area contributed by atoms with E-state index in [0.717, 1.165) is 33.1 Å². The van der Waals surface area contributed by atoms with Gasteiger partial charge in [-0.25, -0.2) is 4.79 Å². The third-order valence-electron chi connectivity index (χ3n) is 3.72. The Labute approximate surface area is 128 Å². The molecule has 2 aromatic heterocycles. The molecule has 21 heavy (non-hydrogen) atoms. The minimum atomic E-state index is -0.388. The van der Waals surface area contributed by atoms with Gasteiger partial charge in [0.25, 0.3) is 0 Å². The van der Waals surface area contributed by atoms with Gasteiger partial charge in [-0.3, -0.25) is 0 Å². The summed E-state index contributed by atoms with van der Waals surface area (Å²) in [5.74, 6) is 1.57.